The summed E-state index contributed by atoms with van der Waals surface area (Å²) in [6, 6.07) is 10.4. The van der Waals surface area contributed by atoms with Crippen molar-refractivity contribution in [3.05, 3.63) is 58.1 Å². The first-order valence-electron chi connectivity index (χ1n) is 10.3. The predicted octanol–water partition coefficient (Wildman–Crippen LogP) is 2.96. The van der Waals surface area contributed by atoms with Crippen molar-refractivity contribution in [2.45, 2.75) is 33.2 Å². The molecule has 0 bridgehead atoms. The van der Waals surface area contributed by atoms with Crippen LogP contribution in [0.1, 0.15) is 33.9 Å². The highest BCUT2D eigenvalue weighted by Crippen LogP contribution is 2.30. The first-order chi connectivity index (χ1) is 14.2. The molecule has 30 heavy (non-hydrogen) atoms. The minimum atomic E-state index is -0.641. The summed E-state index contributed by atoms with van der Waals surface area (Å²) in [7, 11) is 6.07. The van der Waals surface area contributed by atoms with Gasteiger partial charge < -0.3 is 20.4 Å². The van der Waals surface area contributed by atoms with E-state index >= 15 is 0 Å². The highest BCUT2D eigenvalue weighted by Gasteiger charge is 2.22. The Labute approximate surface area is 179 Å². The lowest BCUT2D eigenvalue weighted by Crippen LogP contribution is -2.40. The Hall–Kier alpha value is -2.86. The van der Waals surface area contributed by atoms with Crippen LogP contribution >= 0.6 is 0 Å². The van der Waals surface area contributed by atoms with Crippen molar-refractivity contribution >= 4 is 23.2 Å². The van der Waals surface area contributed by atoms with E-state index in [2.05, 4.69) is 45.7 Å². The van der Waals surface area contributed by atoms with Crippen molar-refractivity contribution in [2.24, 2.45) is 0 Å². The summed E-state index contributed by atoms with van der Waals surface area (Å²) in [6.07, 6.45) is 1.03. The number of fused-ring (bicyclic) bond motifs is 1. The lowest BCUT2D eigenvalue weighted by Gasteiger charge is -2.26. The second kappa shape index (κ2) is 8.88. The summed E-state index contributed by atoms with van der Waals surface area (Å²) in [5.41, 5.74) is 7.46. The topological polar surface area (TPSA) is 64.7 Å². The van der Waals surface area contributed by atoms with Gasteiger partial charge in [-0.25, -0.2) is 0 Å². The molecule has 6 nitrogen and oxygen atoms in total. The molecule has 0 radical (unpaired) electrons. The van der Waals surface area contributed by atoms with E-state index < -0.39 is 11.8 Å². The second-order valence-corrected chi connectivity index (χ2v) is 8.48. The molecule has 0 aliphatic carbocycles. The molecule has 0 fully saturated rings. The number of hydrogen-bond acceptors (Lipinski definition) is 4. The average Bonchev–Trinajstić information content (AvgIpc) is 3.04. The molecule has 1 heterocycles. The van der Waals surface area contributed by atoms with E-state index in [4.69, 9.17) is 0 Å². The third-order valence-electron chi connectivity index (χ3n) is 5.82. The normalized spacial score (nSPS) is 13.9. The Kier molecular flexibility index (Phi) is 6.46. The maximum absolute atomic E-state index is 12.5. The van der Waals surface area contributed by atoms with Crippen LogP contribution in [0.5, 0.6) is 0 Å². The number of likely N-dealkylation sites (N-methyl/N-ethyl adjacent to an activating group) is 2. The van der Waals surface area contributed by atoms with E-state index in [0.29, 0.717) is 12.2 Å². The number of carbonyl (C=O) groups excluding carboxylic acids is 2. The van der Waals surface area contributed by atoms with E-state index in [1.807, 2.05) is 47.0 Å². The largest absolute Gasteiger partial charge is 0.374 e. The summed E-state index contributed by atoms with van der Waals surface area (Å²) in [5, 5.41) is 5.57. The average molecular weight is 409 g/mol. The monoisotopic (exact) mass is 408 g/mol. The Morgan fingerprint density at radius 3 is 2.37 bits per heavy atom. The van der Waals surface area contributed by atoms with Crippen molar-refractivity contribution in [3.63, 3.8) is 0 Å². The van der Waals surface area contributed by atoms with Gasteiger partial charge in [0.2, 0.25) is 0 Å². The molecule has 6 heteroatoms. The summed E-state index contributed by atoms with van der Waals surface area (Å²) in [6.45, 7) is 7.26. The number of anilines is 2. The fourth-order valence-corrected chi connectivity index (χ4v) is 4.21. The molecule has 2 amide bonds. The standard InChI is InChI=1S/C24H32N4O2/c1-15-11-16(2)22(17(3)12-15)26-24(30)23(29)25-14-21(27(4)5)18-7-8-20-19(13-18)9-10-28(20)6/h7-8,11-13,21H,9-10,14H2,1-6H3,(H,25,29)(H,26,30)/t21-/m1/s1. The third-order valence-corrected chi connectivity index (χ3v) is 5.82. The van der Waals surface area contributed by atoms with E-state index in [9.17, 15) is 9.59 Å². The molecule has 3 rings (SSSR count). The molecular weight excluding hydrogens is 376 g/mol. The molecule has 2 aromatic rings. The number of aryl methyl sites for hydroxylation is 3. The van der Waals surface area contributed by atoms with Crippen molar-refractivity contribution in [3.8, 4) is 0 Å². The molecule has 0 spiro atoms. The zero-order valence-corrected chi connectivity index (χ0v) is 18.8. The van der Waals surface area contributed by atoms with Crippen LogP contribution in [0.15, 0.2) is 30.3 Å². The van der Waals surface area contributed by atoms with Gasteiger partial charge in [-0.2, -0.15) is 0 Å². The van der Waals surface area contributed by atoms with Crippen LogP contribution in [0, 0.1) is 20.8 Å². The first kappa shape index (κ1) is 21.8. The number of carbonyl (C=O) groups is 2. The van der Waals surface area contributed by atoms with Crippen LogP contribution in [-0.4, -0.2) is 50.9 Å². The van der Waals surface area contributed by atoms with Gasteiger partial charge in [-0.3, -0.25) is 9.59 Å². The molecular formula is C24H32N4O2. The highest BCUT2D eigenvalue weighted by molar-refractivity contribution is 6.39. The fourth-order valence-electron chi connectivity index (χ4n) is 4.21. The summed E-state index contributed by atoms with van der Waals surface area (Å²) >= 11 is 0. The van der Waals surface area contributed by atoms with Gasteiger partial charge >= 0.3 is 11.8 Å². The summed E-state index contributed by atoms with van der Waals surface area (Å²) < 4.78 is 0. The highest BCUT2D eigenvalue weighted by atomic mass is 16.2. The number of amides is 2. The molecule has 0 saturated carbocycles. The predicted molar refractivity (Wildman–Crippen MR) is 122 cm³/mol. The van der Waals surface area contributed by atoms with Gasteiger partial charge in [-0.15, -0.1) is 0 Å². The molecule has 1 aliphatic heterocycles. The van der Waals surface area contributed by atoms with Crippen LogP contribution < -0.4 is 15.5 Å². The van der Waals surface area contributed by atoms with E-state index in [1.54, 1.807) is 0 Å². The van der Waals surface area contributed by atoms with Crippen LogP contribution in [0.2, 0.25) is 0 Å². The SMILES string of the molecule is Cc1cc(C)c(NC(=O)C(=O)NC[C@H](c2ccc3c(c2)CCN3C)N(C)C)c(C)c1. The Morgan fingerprint density at radius 2 is 1.73 bits per heavy atom. The summed E-state index contributed by atoms with van der Waals surface area (Å²) in [5.74, 6) is -1.26. The maximum atomic E-state index is 12.5. The Morgan fingerprint density at radius 1 is 1.07 bits per heavy atom. The number of benzene rings is 2. The van der Waals surface area contributed by atoms with Crippen LogP contribution in [0.4, 0.5) is 11.4 Å². The number of rotatable bonds is 5. The number of nitrogens with one attached hydrogen (secondary N) is 2. The lowest BCUT2D eigenvalue weighted by atomic mass is 10.0. The molecule has 0 saturated heterocycles. The van der Waals surface area contributed by atoms with Gasteiger partial charge in [0.25, 0.3) is 0 Å². The maximum Gasteiger partial charge on any atom is 0.313 e. The number of nitrogens with zero attached hydrogens (tertiary/aromatic N) is 2. The molecule has 0 aromatic heterocycles. The van der Waals surface area contributed by atoms with Crippen molar-refractivity contribution < 1.29 is 9.59 Å². The quantitative estimate of drug-likeness (QED) is 0.747. The molecule has 2 N–H and O–H groups in total. The minimum absolute atomic E-state index is 0.0131. The van der Waals surface area contributed by atoms with Crippen LogP contribution in [0.25, 0.3) is 0 Å². The Bertz CT molecular complexity index is 945. The minimum Gasteiger partial charge on any atom is -0.374 e. The fraction of sp³-hybridized carbons (Fsp3) is 0.417. The number of hydrogen-bond donors (Lipinski definition) is 2. The van der Waals surface area contributed by atoms with Gasteiger partial charge in [0.05, 0.1) is 6.04 Å². The van der Waals surface area contributed by atoms with E-state index in [1.165, 1.54) is 11.3 Å². The van der Waals surface area contributed by atoms with Crippen LogP contribution in [0.3, 0.4) is 0 Å². The Balaban J connectivity index is 1.66. The molecule has 2 aromatic carbocycles. The van der Waals surface area contributed by atoms with Gasteiger partial charge in [0.1, 0.15) is 0 Å². The van der Waals surface area contributed by atoms with Gasteiger partial charge in [0, 0.05) is 31.5 Å². The second-order valence-electron chi connectivity index (χ2n) is 8.48. The van der Waals surface area contributed by atoms with Crippen molar-refractivity contribution in [2.75, 3.05) is 44.4 Å². The smallest absolute Gasteiger partial charge is 0.313 e. The molecule has 0 unspecified atom stereocenters. The van der Waals surface area contributed by atoms with E-state index in [0.717, 1.165) is 35.2 Å². The van der Waals surface area contributed by atoms with Crippen molar-refractivity contribution in [1.82, 2.24) is 10.2 Å². The van der Waals surface area contributed by atoms with Gasteiger partial charge in [-0.1, -0.05) is 29.8 Å². The zero-order valence-electron chi connectivity index (χ0n) is 18.8. The first-order valence-corrected chi connectivity index (χ1v) is 10.3. The van der Waals surface area contributed by atoms with Gasteiger partial charge in [-0.05, 0) is 69.6 Å². The van der Waals surface area contributed by atoms with Crippen molar-refractivity contribution in [1.29, 1.82) is 0 Å². The zero-order chi connectivity index (χ0) is 22.0. The molecule has 160 valence electrons. The van der Waals surface area contributed by atoms with Gasteiger partial charge in [0.15, 0.2) is 0 Å². The molecule has 1 aliphatic rings. The van der Waals surface area contributed by atoms with Crippen LogP contribution in [-0.2, 0) is 16.0 Å². The van der Waals surface area contributed by atoms with E-state index in [-0.39, 0.29) is 6.04 Å². The molecule has 1 atom stereocenters. The summed E-state index contributed by atoms with van der Waals surface area (Å²) in [4.78, 5) is 29.3. The third kappa shape index (κ3) is 4.65. The lowest BCUT2D eigenvalue weighted by molar-refractivity contribution is -0.136.